The fraction of sp³-hybridized carbons (Fsp3) is 0.412. The molecule has 9 heteroatoms. The van der Waals surface area contributed by atoms with Crippen LogP contribution in [0, 0.1) is 0 Å². The van der Waals surface area contributed by atoms with E-state index >= 15 is 0 Å². The van der Waals surface area contributed by atoms with Gasteiger partial charge in [-0.25, -0.2) is 9.48 Å². The number of nitrogens with zero attached hydrogens (tertiary/aromatic N) is 3. The number of methoxy groups -OCH3 is 2. The quantitative estimate of drug-likeness (QED) is 0.483. The molecule has 0 aliphatic rings. The van der Waals surface area contributed by atoms with Gasteiger partial charge in [0.1, 0.15) is 10.8 Å². The number of aromatic nitrogens is 3. The van der Waals surface area contributed by atoms with E-state index in [1.54, 1.807) is 18.7 Å². The molecule has 1 aromatic heterocycles. The maximum absolute atomic E-state index is 12.1. The highest BCUT2D eigenvalue weighted by atomic mass is 32.2. The molecule has 26 heavy (non-hydrogen) atoms. The smallest absolute Gasteiger partial charge is 0.361 e. The van der Waals surface area contributed by atoms with Crippen LogP contribution in [0.3, 0.4) is 0 Å². The van der Waals surface area contributed by atoms with Gasteiger partial charge in [-0.1, -0.05) is 17.3 Å². The van der Waals surface area contributed by atoms with Crippen molar-refractivity contribution in [3.8, 4) is 5.75 Å². The second kappa shape index (κ2) is 9.81. The van der Waals surface area contributed by atoms with Gasteiger partial charge in [-0.05, 0) is 24.6 Å². The van der Waals surface area contributed by atoms with Gasteiger partial charge >= 0.3 is 11.9 Å². The Bertz CT molecular complexity index is 745. The first-order valence-electron chi connectivity index (χ1n) is 8.02. The van der Waals surface area contributed by atoms with Crippen molar-refractivity contribution in [3.63, 3.8) is 0 Å². The number of esters is 2. The Morgan fingerprint density at radius 3 is 2.54 bits per heavy atom. The van der Waals surface area contributed by atoms with Gasteiger partial charge in [0.15, 0.2) is 0 Å². The van der Waals surface area contributed by atoms with Crippen LogP contribution in [-0.4, -0.2) is 53.5 Å². The number of thioether (sulfide) groups is 1. The lowest BCUT2D eigenvalue weighted by Gasteiger charge is -2.08. The Morgan fingerprint density at radius 2 is 1.92 bits per heavy atom. The van der Waals surface area contributed by atoms with Gasteiger partial charge in [0, 0.05) is 5.75 Å². The van der Waals surface area contributed by atoms with Crippen molar-refractivity contribution in [2.24, 2.45) is 0 Å². The Labute approximate surface area is 155 Å². The largest absolute Gasteiger partial charge is 0.497 e. The lowest BCUT2D eigenvalue weighted by Crippen LogP contribution is -2.09. The van der Waals surface area contributed by atoms with Crippen molar-refractivity contribution in [2.75, 3.05) is 26.6 Å². The molecule has 0 fully saturated rings. The topological polar surface area (TPSA) is 92.5 Å². The lowest BCUT2D eigenvalue weighted by atomic mass is 10.2. The van der Waals surface area contributed by atoms with E-state index in [4.69, 9.17) is 9.47 Å². The average Bonchev–Trinajstić information content (AvgIpc) is 3.05. The maximum Gasteiger partial charge on any atom is 0.361 e. The summed E-state index contributed by atoms with van der Waals surface area (Å²) in [5.41, 5.74) is 1.12. The number of benzene rings is 1. The summed E-state index contributed by atoms with van der Waals surface area (Å²) < 4.78 is 16.4. The summed E-state index contributed by atoms with van der Waals surface area (Å²) in [4.78, 5) is 23.4. The molecule has 1 aromatic carbocycles. The molecule has 0 atom stereocenters. The van der Waals surface area contributed by atoms with Crippen LogP contribution < -0.4 is 4.74 Å². The molecule has 2 rings (SSSR count). The van der Waals surface area contributed by atoms with Crippen molar-refractivity contribution < 1.29 is 23.8 Å². The SMILES string of the molecule is CCOC(=O)c1nnn(Cc2ccc(OC)cc2)c1SCCC(=O)OC. The Hall–Kier alpha value is -2.55. The zero-order valence-corrected chi connectivity index (χ0v) is 15.7. The van der Waals surface area contributed by atoms with Crippen molar-refractivity contribution >= 4 is 23.7 Å². The van der Waals surface area contributed by atoms with Gasteiger partial charge in [-0.3, -0.25) is 4.79 Å². The molecule has 0 spiro atoms. The predicted octanol–water partition coefficient (Wildman–Crippen LogP) is 2.17. The van der Waals surface area contributed by atoms with Crippen molar-refractivity contribution in [1.82, 2.24) is 15.0 Å². The zero-order chi connectivity index (χ0) is 18.9. The van der Waals surface area contributed by atoms with E-state index in [1.807, 2.05) is 24.3 Å². The molecular weight excluding hydrogens is 358 g/mol. The van der Waals surface area contributed by atoms with Crippen LogP contribution >= 0.6 is 11.8 Å². The van der Waals surface area contributed by atoms with Crippen LogP contribution in [-0.2, 0) is 20.8 Å². The summed E-state index contributed by atoms with van der Waals surface area (Å²) in [5.74, 6) is 0.348. The van der Waals surface area contributed by atoms with Gasteiger partial charge in [0.25, 0.3) is 0 Å². The predicted molar refractivity (Wildman–Crippen MR) is 95.4 cm³/mol. The van der Waals surface area contributed by atoms with Crippen LogP contribution in [0.5, 0.6) is 5.75 Å². The molecule has 0 saturated heterocycles. The number of carbonyl (C=O) groups excluding carboxylic acids is 2. The van der Waals surface area contributed by atoms with Gasteiger partial charge in [-0.15, -0.1) is 16.9 Å². The first-order chi connectivity index (χ1) is 12.6. The summed E-state index contributed by atoms with van der Waals surface area (Å²) in [5, 5.41) is 8.59. The number of hydrogen-bond donors (Lipinski definition) is 0. The Kier molecular flexibility index (Phi) is 7.46. The van der Waals surface area contributed by atoms with Crippen LogP contribution in [0.2, 0.25) is 0 Å². The minimum atomic E-state index is -0.533. The molecule has 2 aromatic rings. The summed E-state index contributed by atoms with van der Waals surface area (Å²) in [6.45, 7) is 2.40. The minimum Gasteiger partial charge on any atom is -0.497 e. The molecule has 1 heterocycles. The van der Waals surface area contributed by atoms with E-state index in [1.165, 1.54) is 18.9 Å². The molecule has 0 bridgehead atoms. The first-order valence-corrected chi connectivity index (χ1v) is 9.00. The number of rotatable bonds is 9. The summed E-state index contributed by atoms with van der Waals surface area (Å²) >= 11 is 1.32. The fourth-order valence-corrected chi connectivity index (χ4v) is 3.09. The van der Waals surface area contributed by atoms with Crippen LogP contribution in [0.25, 0.3) is 0 Å². The number of carbonyl (C=O) groups is 2. The second-order valence-electron chi connectivity index (χ2n) is 5.14. The van der Waals surface area contributed by atoms with Gasteiger partial charge < -0.3 is 14.2 Å². The molecule has 8 nitrogen and oxygen atoms in total. The molecule has 0 radical (unpaired) electrons. The van der Waals surface area contributed by atoms with E-state index in [0.717, 1.165) is 11.3 Å². The second-order valence-corrected chi connectivity index (χ2v) is 6.23. The van der Waals surface area contributed by atoms with E-state index < -0.39 is 5.97 Å². The standard InChI is InChI=1S/C17H21N3O5S/c1-4-25-17(22)15-16(26-10-9-14(21)24-3)20(19-18-15)11-12-5-7-13(23-2)8-6-12/h5-8H,4,9-11H2,1-3H3. The van der Waals surface area contributed by atoms with E-state index in [9.17, 15) is 9.59 Å². The molecular formula is C17H21N3O5S. The molecule has 0 unspecified atom stereocenters. The third-order valence-electron chi connectivity index (χ3n) is 3.42. The van der Waals surface area contributed by atoms with E-state index in [0.29, 0.717) is 17.3 Å². The number of ether oxygens (including phenoxy) is 3. The Balaban J connectivity index is 2.19. The third kappa shape index (κ3) is 5.22. The molecule has 0 amide bonds. The lowest BCUT2D eigenvalue weighted by molar-refractivity contribution is -0.140. The Morgan fingerprint density at radius 1 is 1.19 bits per heavy atom. The van der Waals surface area contributed by atoms with E-state index in [-0.39, 0.29) is 24.7 Å². The molecule has 0 aliphatic carbocycles. The van der Waals surface area contributed by atoms with Gasteiger partial charge in [0.05, 0.1) is 33.8 Å². The zero-order valence-electron chi connectivity index (χ0n) is 14.9. The highest BCUT2D eigenvalue weighted by Crippen LogP contribution is 2.24. The minimum absolute atomic E-state index is 0.148. The number of hydrogen-bond acceptors (Lipinski definition) is 8. The van der Waals surface area contributed by atoms with Crippen LogP contribution in [0.4, 0.5) is 0 Å². The summed E-state index contributed by atoms with van der Waals surface area (Å²) in [7, 11) is 2.95. The van der Waals surface area contributed by atoms with Crippen molar-refractivity contribution in [2.45, 2.75) is 24.9 Å². The maximum atomic E-state index is 12.1. The molecule has 0 aliphatic heterocycles. The first kappa shape index (κ1) is 19.8. The summed E-state index contributed by atoms with van der Waals surface area (Å²) in [6.07, 6.45) is 0.219. The normalized spacial score (nSPS) is 10.4. The average molecular weight is 379 g/mol. The monoisotopic (exact) mass is 379 g/mol. The highest BCUT2D eigenvalue weighted by Gasteiger charge is 2.22. The van der Waals surface area contributed by atoms with E-state index in [2.05, 4.69) is 15.0 Å². The van der Waals surface area contributed by atoms with Gasteiger partial charge in [-0.2, -0.15) is 0 Å². The molecule has 0 N–H and O–H groups in total. The summed E-state index contributed by atoms with van der Waals surface area (Å²) in [6, 6.07) is 7.52. The molecule has 0 saturated carbocycles. The van der Waals surface area contributed by atoms with Gasteiger partial charge in [0.2, 0.25) is 5.69 Å². The molecule has 140 valence electrons. The van der Waals surface area contributed by atoms with Crippen LogP contribution in [0.1, 0.15) is 29.4 Å². The van der Waals surface area contributed by atoms with Crippen molar-refractivity contribution in [1.29, 1.82) is 0 Å². The van der Waals surface area contributed by atoms with Crippen molar-refractivity contribution in [3.05, 3.63) is 35.5 Å². The fourth-order valence-electron chi connectivity index (χ4n) is 2.12. The highest BCUT2D eigenvalue weighted by molar-refractivity contribution is 7.99. The third-order valence-corrected chi connectivity index (χ3v) is 4.51. The van der Waals surface area contributed by atoms with Crippen LogP contribution in [0.15, 0.2) is 29.3 Å².